The highest BCUT2D eigenvalue weighted by atomic mass is 35.5. The van der Waals surface area contributed by atoms with E-state index in [1.807, 2.05) is 0 Å². The fourth-order valence-corrected chi connectivity index (χ4v) is 2.52. The Bertz CT molecular complexity index is 605. The fourth-order valence-electron chi connectivity index (χ4n) is 2.26. The summed E-state index contributed by atoms with van der Waals surface area (Å²) in [7, 11) is 0. The number of ether oxygens (including phenoxy) is 3. The Morgan fingerprint density at radius 3 is 2.90 bits per heavy atom. The van der Waals surface area contributed by atoms with E-state index in [4.69, 9.17) is 30.9 Å². The first kappa shape index (κ1) is 14.0. The van der Waals surface area contributed by atoms with Crippen molar-refractivity contribution in [1.82, 2.24) is 4.90 Å². The van der Waals surface area contributed by atoms with Crippen LogP contribution in [0.4, 0.5) is 0 Å². The van der Waals surface area contributed by atoms with Gasteiger partial charge in [0.2, 0.25) is 6.79 Å². The second-order valence-electron chi connectivity index (χ2n) is 4.64. The molecule has 1 saturated heterocycles. The average molecular weight is 314 g/mol. The topological polar surface area (TPSA) is 85.3 Å². The summed E-state index contributed by atoms with van der Waals surface area (Å²) in [6.07, 6.45) is -1.01. The number of hydrogen-bond donors (Lipinski definition) is 1. The standard InChI is InChI=1S/C13H12ClNO6/c14-8-3-7(4-9-11(8)21-6-20-9)12(16)15-1-2-19-10(5-15)13(17)18/h3-4,10H,1-2,5-6H2,(H,17,18)/t10-/m0/s1. The summed E-state index contributed by atoms with van der Waals surface area (Å²) in [5.41, 5.74) is 0.329. The first-order valence-electron chi connectivity index (χ1n) is 6.29. The molecule has 1 amide bonds. The van der Waals surface area contributed by atoms with Crippen LogP contribution in [0.15, 0.2) is 12.1 Å². The Labute approximate surface area is 124 Å². The average Bonchev–Trinajstić information content (AvgIpc) is 2.95. The number of carbonyl (C=O) groups is 2. The molecule has 2 aliphatic rings. The molecule has 1 N–H and O–H groups in total. The van der Waals surface area contributed by atoms with E-state index in [1.54, 1.807) is 6.07 Å². The number of rotatable bonds is 2. The number of benzene rings is 1. The molecule has 2 aliphatic heterocycles. The van der Waals surface area contributed by atoms with Gasteiger partial charge in [0.1, 0.15) is 0 Å². The predicted molar refractivity (Wildman–Crippen MR) is 70.9 cm³/mol. The Morgan fingerprint density at radius 1 is 1.33 bits per heavy atom. The summed E-state index contributed by atoms with van der Waals surface area (Å²) in [5, 5.41) is 9.25. The molecule has 0 unspecified atom stereocenters. The monoisotopic (exact) mass is 313 g/mol. The zero-order valence-electron chi connectivity index (χ0n) is 10.9. The van der Waals surface area contributed by atoms with Crippen molar-refractivity contribution in [2.24, 2.45) is 0 Å². The second kappa shape index (κ2) is 5.42. The summed E-state index contributed by atoms with van der Waals surface area (Å²) in [4.78, 5) is 24.8. The van der Waals surface area contributed by atoms with Gasteiger partial charge >= 0.3 is 5.97 Å². The number of fused-ring (bicyclic) bond motifs is 1. The summed E-state index contributed by atoms with van der Waals surface area (Å²) >= 11 is 6.04. The van der Waals surface area contributed by atoms with Crippen LogP contribution in [0, 0.1) is 0 Å². The predicted octanol–water partition coefficient (Wildman–Crippen LogP) is 0.994. The molecule has 3 rings (SSSR count). The van der Waals surface area contributed by atoms with Gasteiger partial charge in [-0.2, -0.15) is 0 Å². The molecule has 1 atom stereocenters. The van der Waals surface area contributed by atoms with Gasteiger partial charge < -0.3 is 24.2 Å². The third kappa shape index (κ3) is 2.62. The molecule has 0 radical (unpaired) electrons. The van der Waals surface area contributed by atoms with Crippen molar-refractivity contribution >= 4 is 23.5 Å². The maximum Gasteiger partial charge on any atom is 0.334 e. The Hall–Kier alpha value is -1.99. The molecular formula is C13H12ClNO6. The SMILES string of the molecule is O=C(O)[C@@H]1CN(C(=O)c2cc(Cl)c3c(c2)OCO3)CCO1. The molecule has 112 valence electrons. The Balaban J connectivity index is 1.82. The lowest BCUT2D eigenvalue weighted by atomic mass is 10.1. The highest BCUT2D eigenvalue weighted by Crippen LogP contribution is 2.40. The lowest BCUT2D eigenvalue weighted by Crippen LogP contribution is -2.48. The molecule has 7 nitrogen and oxygen atoms in total. The van der Waals surface area contributed by atoms with E-state index in [9.17, 15) is 9.59 Å². The van der Waals surface area contributed by atoms with Gasteiger partial charge in [-0.15, -0.1) is 0 Å². The van der Waals surface area contributed by atoms with Gasteiger partial charge in [-0.05, 0) is 12.1 Å². The number of amides is 1. The highest BCUT2D eigenvalue weighted by Gasteiger charge is 2.30. The van der Waals surface area contributed by atoms with Gasteiger partial charge in [-0.25, -0.2) is 4.79 Å². The summed E-state index contributed by atoms with van der Waals surface area (Å²) in [6.45, 7) is 0.571. The van der Waals surface area contributed by atoms with E-state index in [2.05, 4.69) is 0 Å². The van der Waals surface area contributed by atoms with E-state index in [-0.39, 0.29) is 30.9 Å². The van der Waals surface area contributed by atoms with Crippen molar-refractivity contribution in [3.8, 4) is 11.5 Å². The first-order chi connectivity index (χ1) is 10.1. The number of nitrogens with zero attached hydrogens (tertiary/aromatic N) is 1. The third-order valence-electron chi connectivity index (χ3n) is 3.30. The molecule has 1 aromatic carbocycles. The molecule has 0 spiro atoms. The van der Waals surface area contributed by atoms with Crippen molar-refractivity contribution in [1.29, 1.82) is 0 Å². The summed E-state index contributed by atoms with van der Waals surface area (Å²) < 4.78 is 15.5. The number of carbonyl (C=O) groups excluding carboxylic acids is 1. The number of carboxylic acid groups (broad SMARTS) is 1. The normalized spacial score (nSPS) is 20.4. The number of hydrogen-bond acceptors (Lipinski definition) is 5. The minimum Gasteiger partial charge on any atom is -0.479 e. The number of aliphatic carboxylic acids is 1. The first-order valence-corrected chi connectivity index (χ1v) is 6.67. The van der Waals surface area contributed by atoms with Gasteiger partial charge in [-0.3, -0.25) is 4.79 Å². The van der Waals surface area contributed by atoms with E-state index < -0.39 is 12.1 Å². The molecule has 2 heterocycles. The fraction of sp³-hybridized carbons (Fsp3) is 0.385. The number of morpholine rings is 1. The van der Waals surface area contributed by atoms with Crippen LogP contribution < -0.4 is 9.47 Å². The maximum absolute atomic E-state index is 12.4. The molecule has 8 heteroatoms. The highest BCUT2D eigenvalue weighted by molar-refractivity contribution is 6.32. The quantitative estimate of drug-likeness (QED) is 0.876. The van der Waals surface area contributed by atoms with Crippen LogP contribution in [0.25, 0.3) is 0 Å². The van der Waals surface area contributed by atoms with Crippen LogP contribution in [-0.2, 0) is 9.53 Å². The number of halogens is 1. The van der Waals surface area contributed by atoms with E-state index in [0.717, 1.165) is 0 Å². The van der Waals surface area contributed by atoms with Crippen LogP contribution in [0.3, 0.4) is 0 Å². The van der Waals surface area contributed by atoms with Gasteiger partial charge in [0, 0.05) is 12.1 Å². The van der Waals surface area contributed by atoms with E-state index in [0.29, 0.717) is 23.6 Å². The molecule has 21 heavy (non-hydrogen) atoms. The van der Waals surface area contributed by atoms with E-state index >= 15 is 0 Å². The van der Waals surface area contributed by atoms with Crippen LogP contribution >= 0.6 is 11.6 Å². The minimum atomic E-state index is -1.09. The minimum absolute atomic E-state index is 0.000226. The second-order valence-corrected chi connectivity index (χ2v) is 5.05. The molecular weight excluding hydrogens is 302 g/mol. The van der Waals surface area contributed by atoms with Crippen molar-refractivity contribution in [2.45, 2.75) is 6.10 Å². The third-order valence-corrected chi connectivity index (χ3v) is 3.58. The van der Waals surface area contributed by atoms with E-state index in [1.165, 1.54) is 11.0 Å². The largest absolute Gasteiger partial charge is 0.479 e. The summed E-state index contributed by atoms with van der Waals surface area (Å²) in [5.74, 6) is -0.575. The zero-order chi connectivity index (χ0) is 15.0. The maximum atomic E-state index is 12.4. The van der Waals surface area contributed by atoms with Crippen LogP contribution in [-0.4, -0.2) is 54.5 Å². The van der Waals surface area contributed by atoms with Crippen molar-refractivity contribution in [2.75, 3.05) is 26.5 Å². The lowest BCUT2D eigenvalue weighted by molar-refractivity contribution is -0.154. The van der Waals surface area contributed by atoms with Gasteiger partial charge in [-0.1, -0.05) is 11.6 Å². The van der Waals surface area contributed by atoms with Crippen molar-refractivity contribution in [3.05, 3.63) is 22.7 Å². The number of carboxylic acids is 1. The van der Waals surface area contributed by atoms with Gasteiger partial charge in [0.05, 0.1) is 18.2 Å². The Morgan fingerprint density at radius 2 is 2.14 bits per heavy atom. The molecule has 1 fully saturated rings. The van der Waals surface area contributed by atoms with Crippen LogP contribution in [0.1, 0.15) is 10.4 Å². The Kier molecular flexibility index (Phi) is 3.60. The molecule has 0 saturated carbocycles. The van der Waals surface area contributed by atoms with Crippen LogP contribution in [0.2, 0.25) is 5.02 Å². The molecule has 0 aliphatic carbocycles. The molecule has 0 bridgehead atoms. The molecule has 0 aromatic heterocycles. The smallest absolute Gasteiger partial charge is 0.334 e. The molecule has 1 aromatic rings. The van der Waals surface area contributed by atoms with Crippen LogP contribution in [0.5, 0.6) is 11.5 Å². The lowest BCUT2D eigenvalue weighted by Gasteiger charge is -2.31. The summed E-state index contributed by atoms with van der Waals surface area (Å²) in [6, 6.07) is 3.03. The van der Waals surface area contributed by atoms with Crippen molar-refractivity contribution in [3.63, 3.8) is 0 Å². The van der Waals surface area contributed by atoms with Gasteiger partial charge in [0.15, 0.2) is 17.6 Å². The zero-order valence-corrected chi connectivity index (χ0v) is 11.6. The van der Waals surface area contributed by atoms with Crippen molar-refractivity contribution < 1.29 is 28.9 Å². The van der Waals surface area contributed by atoms with Gasteiger partial charge in [0.25, 0.3) is 5.91 Å².